The Kier molecular flexibility index (Phi) is 3.60. The van der Waals surface area contributed by atoms with E-state index in [4.69, 9.17) is 0 Å². The molecule has 0 fully saturated rings. The van der Waals surface area contributed by atoms with Gasteiger partial charge in [0.2, 0.25) is 5.75 Å². The van der Waals surface area contributed by atoms with Crippen LogP contribution in [0.2, 0.25) is 0 Å². The molecule has 3 rings (SSSR count). The molecular weight excluding hydrogens is 266 g/mol. The number of aromatic hydroxyl groups is 3. The van der Waals surface area contributed by atoms with Crippen molar-refractivity contribution in [2.75, 3.05) is 5.32 Å². The quantitative estimate of drug-likeness (QED) is 0.653. The minimum atomic E-state index is -0.468. The fourth-order valence-electron chi connectivity index (χ4n) is 2.89. The van der Waals surface area contributed by atoms with E-state index in [1.807, 2.05) is 12.1 Å². The minimum Gasteiger partial charge on any atom is -0.504 e. The molecule has 0 amide bonds. The Balaban J connectivity index is 1.81. The summed E-state index contributed by atoms with van der Waals surface area (Å²) in [7, 11) is 0. The largest absolute Gasteiger partial charge is 0.504 e. The van der Waals surface area contributed by atoms with Crippen LogP contribution >= 0.6 is 0 Å². The number of phenols is 3. The Hall–Kier alpha value is -2.36. The van der Waals surface area contributed by atoms with Gasteiger partial charge in [0, 0.05) is 17.8 Å². The van der Waals surface area contributed by atoms with E-state index in [0.29, 0.717) is 12.1 Å². The highest BCUT2D eigenvalue weighted by molar-refractivity contribution is 5.58. The molecule has 0 aromatic heterocycles. The fraction of sp³-hybridized carbons (Fsp3) is 0.294. The molecule has 0 bridgehead atoms. The lowest BCUT2D eigenvalue weighted by Gasteiger charge is -2.20. The summed E-state index contributed by atoms with van der Waals surface area (Å²) in [5, 5.41) is 32.1. The molecule has 4 heteroatoms. The molecule has 0 spiro atoms. The zero-order valence-electron chi connectivity index (χ0n) is 11.8. The van der Waals surface area contributed by atoms with E-state index in [1.54, 1.807) is 6.07 Å². The molecule has 0 heterocycles. The molecule has 4 N–H and O–H groups in total. The number of benzene rings is 2. The fourth-order valence-corrected chi connectivity index (χ4v) is 2.89. The second kappa shape index (κ2) is 5.56. The summed E-state index contributed by atoms with van der Waals surface area (Å²) in [6, 6.07) is 9.24. The van der Waals surface area contributed by atoms with E-state index in [0.717, 1.165) is 18.5 Å². The van der Waals surface area contributed by atoms with Gasteiger partial charge in [-0.2, -0.15) is 0 Å². The standard InChI is InChI=1S/C17H19NO3/c19-15-9-8-12(16(20)17(15)21)10-18-14-7-3-5-11-4-1-2-6-13(11)14/h3,5,7-9,18-21H,1-2,4,6,10H2. The second-order valence-electron chi connectivity index (χ2n) is 5.44. The normalized spacial score (nSPS) is 13.7. The van der Waals surface area contributed by atoms with Crippen molar-refractivity contribution in [3.63, 3.8) is 0 Å². The Morgan fingerprint density at radius 3 is 2.57 bits per heavy atom. The lowest BCUT2D eigenvalue weighted by atomic mass is 9.90. The molecule has 4 nitrogen and oxygen atoms in total. The molecule has 0 unspecified atom stereocenters. The summed E-state index contributed by atoms with van der Waals surface area (Å²) in [5.74, 6) is -1.05. The topological polar surface area (TPSA) is 72.7 Å². The van der Waals surface area contributed by atoms with Gasteiger partial charge in [0.05, 0.1) is 0 Å². The first-order valence-corrected chi connectivity index (χ1v) is 7.24. The predicted octanol–water partition coefficient (Wildman–Crippen LogP) is 3.29. The first-order valence-electron chi connectivity index (χ1n) is 7.24. The minimum absolute atomic E-state index is 0.271. The Bertz CT molecular complexity index is 667. The first kappa shape index (κ1) is 13.6. The maximum atomic E-state index is 9.84. The van der Waals surface area contributed by atoms with Gasteiger partial charge in [-0.15, -0.1) is 0 Å². The van der Waals surface area contributed by atoms with Gasteiger partial charge in [0.25, 0.3) is 0 Å². The van der Waals surface area contributed by atoms with Crippen molar-refractivity contribution < 1.29 is 15.3 Å². The number of rotatable bonds is 3. The van der Waals surface area contributed by atoms with Crippen molar-refractivity contribution >= 4 is 5.69 Å². The third-order valence-electron chi connectivity index (χ3n) is 4.08. The van der Waals surface area contributed by atoms with E-state index in [1.165, 1.54) is 30.0 Å². The van der Waals surface area contributed by atoms with Gasteiger partial charge in [0.15, 0.2) is 11.5 Å². The van der Waals surface area contributed by atoms with E-state index in [-0.39, 0.29) is 11.5 Å². The van der Waals surface area contributed by atoms with Gasteiger partial charge < -0.3 is 20.6 Å². The highest BCUT2D eigenvalue weighted by Gasteiger charge is 2.14. The molecule has 2 aromatic rings. The number of fused-ring (bicyclic) bond motifs is 1. The number of anilines is 1. The summed E-state index contributed by atoms with van der Waals surface area (Å²) >= 11 is 0. The molecule has 1 aliphatic carbocycles. The molecular formula is C17H19NO3. The first-order chi connectivity index (χ1) is 10.2. The van der Waals surface area contributed by atoms with Gasteiger partial charge in [0.1, 0.15) is 0 Å². The van der Waals surface area contributed by atoms with Crippen LogP contribution in [-0.4, -0.2) is 15.3 Å². The van der Waals surface area contributed by atoms with E-state index in [9.17, 15) is 15.3 Å². The van der Waals surface area contributed by atoms with Gasteiger partial charge in [-0.25, -0.2) is 0 Å². The van der Waals surface area contributed by atoms with Gasteiger partial charge in [-0.1, -0.05) is 12.1 Å². The summed E-state index contributed by atoms with van der Waals surface area (Å²) in [5.41, 5.74) is 4.38. The maximum absolute atomic E-state index is 9.84. The Morgan fingerprint density at radius 2 is 1.71 bits per heavy atom. The third-order valence-corrected chi connectivity index (χ3v) is 4.08. The number of aryl methyl sites for hydroxylation is 1. The molecule has 1 aliphatic rings. The summed E-state index contributed by atoms with van der Waals surface area (Å²) in [4.78, 5) is 0. The van der Waals surface area contributed by atoms with Crippen molar-refractivity contribution in [1.82, 2.24) is 0 Å². The molecule has 0 radical (unpaired) electrons. The average molecular weight is 285 g/mol. The molecule has 21 heavy (non-hydrogen) atoms. The number of hydrogen-bond acceptors (Lipinski definition) is 4. The average Bonchev–Trinajstić information content (AvgIpc) is 2.52. The monoisotopic (exact) mass is 285 g/mol. The highest BCUT2D eigenvalue weighted by Crippen LogP contribution is 2.37. The van der Waals surface area contributed by atoms with E-state index >= 15 is 0 Å². The van der Waals surface area contributed by atoms with Crippen molar-refractivity contribution in [1.29, 1.82) is 0 Å². The molecule has 110 valence electrons. The zero-order valence-corrected chi connectivity index (χ0v) is 11.8. The van der Waals surface area contributed by atoms with Crippen LogP contribution in [-0.2, 0) is 19.4 Å². The predicted molar refractivity (Wildman–Crippen MR) is 81.8 cm³/mol. The van der Waals surface area contributed by atoms with E-state index in [2.05, 4.69) is 11.4 Å². The highest BCUT2D eigenvalue weighted by atomic mass is 16.3. The SMILES string of the molecule is Oc1ccc(CNc2cccc3c2CCCC3)c(O)c1O. The number of nitrogens with one attached hydrogen (secondary N) is 1. The van der Waals surface area contributed by atoms with Crippen molar-refractivity contribution in [2.24, 2.45) is 0 Å². The smallest absolute Gasteiger partial charge is 0.200 e. The maximum Gasteiger partial charge on any atom is 0.200 e. The lowest BCUT2D eigenvalue weighted by molar-refractivity contribution is 0.365. The Morgan fingerprint density at radius 1 is 0.905 bits per heavy atom. The van der Waals surface area contributed by atoms with Gasteiger partial charge in [-0.3, -0.25) is 0 Å². The molecule has 0 saturated heterocycles. The van der Waals surface area contributed by atoms with Crippen LogP contribution in [0.1, 0.15) is 29.5 Å². The van der Waals surface area contributed by atoms with Crippen molar-refractivity contribution in [2.45, 2.75) is 32.2 Å². The number of hydrogen-bond donors (Lipinski definition) is 4. The molecule has 2 aromatic carbocycles. The van der Waals surface area contributed by atoms with Crippen LogP contribution in [0.25, 0.3) is 0 Å². The van der Waals surface area contributed by atoms with Crippen LogP contribution in [0, 0.1) is 0 Å². The molecule has 0 atom stereocenters. The Labute approximate surface area is 123 Å². The molecule has 0 saturated carbocycles. The van der Waals surface area contributed by atoms with Crippen LogP contribution in [0.5, 0.6) is 17.2 Å². The summed E-state index contributed by atoms with van der Waals surface area (Å²) in [6.45, 7) is 0.399. The summed E-state index contributed by atoms with van der Waals surface area (Å²) in [6.07, 6.45) is 4.64. The number of phenolic OH excluding ortho intramolecular Hbond substituents is 3. The third kappa shape index (κ3) is 2.61. The molecule has 0 aliphatic heterocycles. The van der Waals surface area contributed by atoms with Crippen LogP contribution in [0.15, 0.2) is 30.3 Å². The van der Waals surface area contributed by atoms with Crippen molar-refractivity contribution in [3.05, 3.63) is 47.0 Å². The van der Waals surface area contributed by atoms with Crippen molar-refractivity contribution in [3.8, 4) is 17.2 Å². The van der Waals surface area contributed by atoms with Crippen LogP contribution in [0.4, 0.5) is 5.69 Å². The summed E-state index contributed by atoms with van der Waals surface area (Å²) < 4.78 is 0. The van der Waals surface area contributed by atoms with Gasteiger partial charge in [-0.05, 0) is 55.0 Å². The van der Waals surface area contributed by atoms with Crippen LogP contribution < -0.4 is 5.32 Å². The second-order valence-corrected chi connectivity index (χ2v) is 5.44. The van der Waals surface area contributed by atoms with E-state index < -0.39 is 5.75 Å². The van der Waals surface area contributed by atoms with Crippen LogP contribution in [0.3, 0.4) is 0 Å². The van der Waals surface area contributed by atoms with Gasteiger partial charge >= 0.3 is 0 Å². The lowest BCUT2D eigenvalue weighted by Crippen LogP contribution is -2.08. The zero-order chi connectivity index (χ0) is 14.8.